The lowest BCUT2D eigenvalue weighted by Crippen LogP contribution is -2.34. The van der Waals surface area contributed by atoms with Gasteiger partial charge in [0.1, 0.15) is 12.4 Å². The highest BCUT2D eigenvalue weighted by Crippen LogP contribution is 2.37. The Morgan fingerprint density at radius 2 is 1.80 bits per heavy atom. The molecule has 4 rings (SSSR count). The van der Waals surface area contributed by atoms with Gasteiger partial charge in [-0.25, -0.2) is 13.8 Å². The Balaban J connectivity index is 1.64. The topological polar surface area (TPSA) is 110 Å². The lowest BCUT2D eigenvalue weighted by Gasteiger charge is -2.19. The van der Waals surface area contributed by atoms with E-state index in [1.165, 1.54) is 30.5 Å². The van der Waals surface area contributed by atoms with Gasteiger partial charge in [0.25, 0.3) is 12.3 Å². The molecule has 0 aliphatic rings. The highest BCUT2D eigenvalue weighted by atomic mass is 35.5. The van der Waals surface area contributed by atoms with Crippen LogP contribution in [0.3, 0.4) is 0 Å². The average Bonchev–Trinajstić information content (AvgIpc) is 3.29. The van der Waals surface area contributed by atoms with Crippen molar-refractivity contribution in [3.63, 3.8) is 0 Å². The molecule has 0 saturated carbocycles. The molecule has 2 aromatic heterocycles. The number of rotatable bonds is 12. The van der Waals surface area contributed by atoms with E-state index < -0.39 is 37.9 Å². The van der Waals surface area contributed by atoms with Crippen molar-refractivity contribution in [3.05, 3.63) is 75.0 Å². The third-order valence-corrected chi connectivity index (χ3v) is 7.64. The monoisotopic (exact) mass is 680 g/mol. The van der Waals surface area contributed by atoms with Crippen molar-refractivity contribution in [2.75, 3.05) is 11.9 Å². The van der Waals surface area contributed by atoms with E-state index in [1.54, 1.807) is 44.5 Å². The summed E-state index contributed by atoms with van der Waals surface area (Å²) in [6, 6.07) is 9.08. The van der Waals surface area contributed by atoms with Crippen LogP contribution in [0.15, 0.2) is 42.6 Å². The molecule has 0 spiro atoms. The van der Waals surface area contributed by atoms with Gasteiger partial charge in [-0.15, -0.1) is 0 Å². The molecule has 244 valence electrons. The Morgan fingerprint density at radius 3 is 2.48 bits per heavy atom. The molecule has 0 radical (unpaired) electrons. The molecule has 0 aliphatic heterocycles. The number of carbonyl (C=O) groups is 2. The van der Waals surface area contributed by atoms with Gasteiger partial charge in [0.2, 0.25) is 11.9 Å². The third kappa shape index (κ3) is 8.41. The molecule has 2 heterocycles. The first-order chi connectivity index (χ1) is 21.6. The summed E-state index contributed by atoms with van der Waals surface area (Å²) >= 11 is 13.1. The second-order valence-electron chi connectivity index (χ2n) is 11.4. The normalized spacial score (nSPS) is 11.5. The van der Waals surface area contributed by atoms with Gasteiger partial charge in [-0.05, 0) is 29.3 Å². The van der Waals surface area contributed by atoms with Gasteiger partial charge >= 0.3 is 7.27 Å². The van der Waals surface area contributed by atoms with E-state index in [4.69, 9.17) is 27.9 Å². The van der Waals surface area contributed by atoms with Crippen LogP contribution in [0.4, 0.5) is 29.0 Å². The number of hydrogen-bond donors (Lipinski definition) is 3. The maximum absolute atomic E-state index is 13.3. The minimum absolute atomic E-state index is 0.100. The van der Waals surface area contributed by atoms with Gasteiger partial charge in [-0.3, -0.25) is 23.2 Å². The number of aryl methyl sites for hydroxylation is 1. The van der Waals surface area contributed by atoms with Gasteiger partial charge in [-0.2, -0.15) is 0 Å². The van der Waals surface area contributed by atoms with Crippen LogP contribution in [0.2, 0.25) is 10.0 Å². The molecule has 46 heavy (non-hydrogen) atoms. The standard InChI is InChI=1S/C30H31BCl2F4N6O3/c1-30(2,3)28(45)40-13-17-7-8-19(32)26(25(17)33)42-29-41-20-10-18(23(46-15-24(34)35)11-22(20)43(29)4)27(44)39-14-21-16(12-31(36)37)6-5-9-38-21/h5-11,24H,12-15H2,1-4H3,(H,39,44)(H,40,45)(H,41,42). The van der Waals surface area contributed by atoms with E-state index in [9.17, 15) is 27.0 Å². The molecular formula is C30H31BCl2F4N6O3. The van der Waals surface area contributed by atoms with Crippen molar-refractivity contribution < 1.29 is 31.7 Å². The Labute approximate surface area is 273 Å². The summed E-state index contributed by atoms with van der Waals surface area (Å²) in [6.07, 6.45) is -1.94. The van der Waals surface area contributed by atoms with Gasteiger partial charge in [-0.1, -0.05) is 56.1 Å². The first-order valence-electron chi connectivity index (χ1n) is 14.1. The lowest BCUT2D eigenvalue weighted by atomic mass is 9.86. The summed E-state index contributed by atoms with van der Waals surface area (Å²) < 4.78 is 59.1. The first-order valence-corrected chi connectivity index (χ1v) is 14.8. The quantitative estimate of drug-likeness (QED) is 0.113. The molecule has 0 unspecified atom stereocenters. The van der Waals surface area contributed by atoms with Crippen LogP contribution < -0.4 is 20.7 Å². The number of nitrogens with one attached hydrogen (secondary N) is 3. The minimum atomic E-state index is -2.81. The number of nitrogens with zero attached hydrogens (tertiary/aromatic N) is 3. The number of hydrogen-bond acceptors (Lipinski definition) is 6. The van der Waals surface area contributed by atoms with E-state index in [0.29, 0.717) is 22.3 Å². The number of carbonyl (C=O) groups excluding carboxylic acids is 2. The third-order valence-electron chi connectivity index (χ3n) is 6.90. The average molecular weight is 681 g/mol. The molecule has 2 amide bonds. The summed E-state index contributed by atoms with van der Waals surface area (Å²) in [4.78, 5) is 34.3. The van der Waals surface area contributed by atoms with Crippen molar-refractivity contribution in [3.8, 4) is 5.75 Å². The number of halogens is 6. The summed E-state index contributed by atoms with van der Waals surface area (Å²) in [6.45, 7) is 4.35. The van der Waals surface area contributed by atoms with Crippen LogP contribution in [-0.2, 0) is 31.3 Å². The van der Waals surface area contributed by atoms with Gasteiger partial charge in [0.05, 0.1) is 44.6 Å². The maximum Gasteiger partial charge on any atom is 0.542 e. The van der Waals surface area contributed by atoms with Crippen LogP contribution in [-0.4, -0.2) is 46.6 Å². The fourth-order valence-corrected chi connectivity index (χ4v) is 4.95. The number of aromatic nitrogens is 3. The highest BCUT2D eigenvalue weighted by molar-refractivity contribution is 6.42. The Bertz CT molecular complexity index is 1750. The van der Waals surface area contributed by atoms with Crippen molar-refractivity contribution in [1.29, 1.82) is 0 Å². The number of ether oxygens (including phenoxy) is 1. The summed E-state index contributed by atoms with van der Waals surface area (Å²) in [5.41, 5.74) is 1.44. The fraction of sp³-hybridized carbons (Fsp3) is 0.333. The van der Waals surface area contributed by atoms with E-state index in [-0.39, 0.29) is 57.6 Å². The Kier molecular flexibility index (Phi) is 11.0. The largest absolute Gasteiger partial charge is 0.542 e. The van der Waals surface area contributed by atoms with Gasteiger partial charge in [0, 0.05) is 37.6 Å². The van der Waals surface area contributed by atoms with Crippen LogP contribution in [0.1, 0.15) is 48.0 Å². The van der Waals surface area contributed by atoms with Crippen molar-refractivity contribution in [1.82, 2.24) is 25.2 Å². The fourth-order valence-electron chi connectivity index (χ4n) is 4.42. The number of imidazole rings is 1. The van der Waals surface area contributed by atoms with E-state index in [0.717, 1.165) is 0 Å². The lowest BCUT2D eigenvalue weighted by molar-refractivity contribution is -0.128. The summed E-state index contributed by atoms with van der Waals surface area (Å²) in [7, 11) is -0.960. The molecule has 9 nitrogen and oxygen atoms in total. The Hall–Kier alpha value is -4.04. The van der Waals surface area contributed by atoms with E-state index in [2.05, 4.69) is 25.9 Å². The number of fused-ring (bicyclic) bond motifs is 1. The van der Waals surface area contributed by atoms with E-state index >= 15 is 0 Å². The van der Waals surface area contributed by atoms with Gasteiger partial charge < -0.3 is 25.3 Å². The molecule has 0 bridgehead atoms. The van der Waals surface area contributed by atoms with Crippen molar-refractivity contribution in [2.24, 2.45) is 12.5 Å². The van der Waals surface area contributed by atoms with Crippen LogP contribution in [0.5, 0.6) is 5.75 Å². The zero-order chi connectivity index (χ0) is 33.8. The number of anilines is 2. The van der Waals surface area contributed by atoms with Crippen molar-refractivity contribution in [2.45, 2.75) is 46.6 Å². The molecule has 0 atom stereocenters. The Morgan fingerprint density at radius 1 is 1.07 bits per heavy atom. The predicted molar refractivity (Wildman–Crippen MR) is 170 cm³/mol. The molecular weight excluding hydrogens is 650 g/mol. The zero-order valence-corrected chi connectivity index (χ0v) is 26.9. The summed E-state index contributed by atoms with van der Waals surface area (Å²) in [5, 5.41) is 9.05. The number of pyridine rings is 1. The predicted octanol–water partition coefficient (Wildman–Crippen LogP) is 6.76. The maximum atomic E-state index is 13.3. The smallest absolute Gasteiger partial charge is 0.487 e. The van der Waals surface area contributed by atoms with Gasteiger partial charge in [0.15, 0.2) is 0 Å². The number of benzene rings is 2. The first kappa shape index (κ1) is 34.8. The second-order valence-corrected chi connectivity index (χ2v) is 12.2. The SMILES string of the molecule is Cn1c(Nc2c(Cl)ccc(CNC(=O)C(C)(C)C)c2Cl)nc2cc(C(=O)NCc3ncccc3CB(F)F)c(OCC(F)F)cc21. The number of amides is 2. The molecule has 2 aromatic carbocycles. The molecule has 0 saturated heterocycles. The zero-order valence-electron chi connectivity index (χ0n) is 25.4. The van der Waals surface area contributed by atoms with Crippen LogP contribution in [0, 0.1) is 5.41 Å². The highest BCUT2D eigenvalue weighted by Gasteiger charge is 2.23. The van der Waals surface area contributed by atoms with Crippen LogP contribution in [0.25, 0.3) is 11.0 Å². The summed E-state index contributed by atoms with van der Waals surface area (Å²) in [5.74, 6) is -0.767. The molecule has 0 aliphatic carbocycles. The minimum Gasteiger partial charge on any atom is -0.487 e. The molecule has 4 aromatic rings. The molecule has 3 N–H and O–H groups in total. The van der Waals surface area contributed by atoms with E-state index in [1.807, 2.05) is 0 Å². The molecule has 0 fully saturated rings. The van der Waals surface area contributed by atoms with Crippen molar-refractivity contribution >= 4 is 65.0 Å². The van der Waals surface area contributed by atoms with Crippen LogP contribution >= 0.6 is 23.2 Å². The molecule has 16 heteroatoms. The number of alkyl halides is 2. The second kappa shape index (κ2) is 14.6.